The predicted molar refractivity (Wildman–Crippen MR) is 63.9 cm³/mol. The molecule has 0 aliphatic rings. The first-order chi connectivity index (χ1) is 7.54. The van der Waals surface area contributed by atoms with Crippen molar-refractivity contribution in [1.82, 2.24) is 9.88 Å². The van der Waals surface area contributed by atoms with Gasteiger partial charge >= 0.3 is 0 Å². The first kappa shape index (κ1) is 12.8. The molecule has 0 fully saturated rings. The quantitative estimate of drug-likeness (QED) is 0.801. The third-order valence-corrected chi connectivity index (χ3v) is 2.77. The van der Waals surface area contributed by atoms with E-state index in [1.807, 2.05) is 6.92 Å². The first-order valence-corrected chi connectivity index (χ1v) is 5.59. The van der Waals surface area contributed by atoms with Crippen LogP contribution in [0.1, 0.15) is 17.3 Å². The molecule has 0 aromatic carbocycles. The van der Waals surface area contributed by atoms with E-state index in [1.54, 1.807) is 19.3 Å². The van der Waals surface area contributed by atoms with Crippen LogP contribution >= 0.6 is 11.6 Å². The van der Waals surface area contributed by atoms with Gasteiger partial charge < -0.3 is 9.88 Å². The molecule has 1 aromatic rings. The van der Waals surface area contributed by atoms with E-state index >= 15 is 0 Å². The molecule has 5 heteroatoms. The minimum Gasteiger partial charge on any atom is -0.352 e. The summed E-state index contributed by atoms with van der Waals surface area (Å²) in [5.41, 5.74) is 0.183. The minimum atomic E-state index is -0.241. The van der Waals surface area contributed by atoms with Gasteiger partial charge in [-0.1, -0.05) is 6.92 Å². The molecule has 88 valence electrons. The van der Waals surface area contributed by atoms with Gasteiger partial charge in [0.1, 0.15) is 0 Å². The number of nitrogens with one attached hydrogen (secondary N) is 1. The van der Waals surface area contributed by atoms with Crippen molar-refractivity contribution in [2.24, 2.45) is 13.0 Å². The molecule has 0 aliphatic carbocycles. The van der Waals surface area contributed by atoms with Crippen LogP contribution < -0.4 is 10.9 Å². The van der Waals surface area contributed by atoms with Gasteiger partial charge in [0.2, 0.25) is 0 Å². The van der Waals surface area contributed by atoms with Crippen molar-refractivity contribution in [2.45, 2.75) is 6.92 Å². The zero-order valence-corrected chi connectivity index (χ0v) is 10.1. The topological polar surface area (TPSA) is 51.1 Å². The van der Waals surface area contributed by atoms with Crippen LogP contribution in [0.2, 0.25) is 0 Å². The van der Waals surface area contributed by atoms with E-state index < -0.39 is 0 Å². The number of aromatic nitrogens is 1. The van der Waals surface area contributed by atoms with E-state index in [-0.39, 0.29) is 17.4 Å². The van der Waals surface area contributed by atoms with E-state index in [4.69, 9.17) is 11.6 Å². The summed E-state index contributed by atoms with van der Waals surface area (Å²) in [6.45, 7) is 2.45. The standard InChI is InChI=1S/C11H15ClN2O2/c1-8(6-12)7-13-11(16)9-3-4-14(2)10(15)5-9/h3-5,8H,6-7H2,1-2H3,(H,13,16). The van der Waals surface area contributed by atoms with Crippen molar-refractivity contribution >= 4 is 17.5 Å². The summed E-state index contributed by atoms with van der Waals surface area (Å²) in [7, 11) is 1.64. The van der Waals surface area contributed by atoms with Gasteiger partial charge in [0.05, 0.1) is 0 Å². The SMILES string of the molecule is CC(CCl)CNC(=O)c1ccn(C)c(=O)c1. The lowest BCUT2D eigenvalue weighted by atomic mass is 10.2. The summed E-state index contributed by atoms with van der Waals surface area (Å²) in [5, 5.41) is 2.72. The van der Waals surface area contributed by atoms with Crippen LogP contribution in [0.4, 0.5) is 0 Å². The average Bonchev–Trinajstić information content (AvgIpc) is 2.29. The molecule has 0 spiro atoms. The zero-order chi connectivity index (χ0) is 12.1. The number of nitrogens with zero attached hydrogens (tertiary/aromatic N) is 1. The Morgan fingerprint density at radius 1 is 1.62 bits per heavy atom. The minimum absolute atomic E-state index is 0.196. The fraction of sp³-hybridized carbons (Fsp3) is 0.455. The number of halogens is 1. The van der Waals surface area contributed by atoms with Crippen LogP contribution in [0, 0.1) is 5.92 Å². The molecule has 0 saturated carbocycles. The monoisotopic (exact) mass is 242 g/mol. The lowest BCUT2D eigenvalue weighted by Crippen LogP contribution is -2.30. The molecular formula is C11H15ClN2O2. The van der Waals surface area contributed by atoms with Crippen molar-refractivity contribution in [3.8, 4) is 0 Å². The molecule has 1 amide bonds. The van der Waals surface area contributed by atoms with Gasteiger partial charge in [-0.3, -0.25) is 9.59 Å². The van der Waals surface area contributed by atoms with E-state index in [9.17, 15) is 9.59 Å². The molecular weight excluding hydrogens is 228 g/mol. The second-order valence-corrected chi connectivity index (χ2v) is 4.14. The molecule has 16 heavy (non-hydrogen) atoms. The maximum absolute atomic E-state index is 11.6. The summed E-state index contributed by atoms with van der Waals surface area (Å²) in [4.78, 5) is 22.9. The lowest BCUT2D eigenvalue weighted by molar-refractivity contribution is 0.0949. The van der Waals surface area contributed by atoms with Crippen LogP contribution in [-0.2, 0) is 7.05 Å². The third-order valence-electron chi connectivity index (χ3n) is 2.24. The molecule has 1 heterocycles. The van der Waals surface area contributed by atoms with Crippen LogP contribution in [-0.4, -0.2) is 22.9 Å². The van der Waals surface area contributed by atoms with Gasteiger partial charge in [-0.2, -0.15) is 0 Å². The summed E-state index contributed by atoms with van der Waals surface area (Å²) >= 11 is 5.62. The van der Waals surface area contributed by atoms with Gasteiger partial charge in [0.25, 0.3) is 11.5 Å². The average molecular weight is 243 g/mol. The first-order valence-electron chi connectivity index (χ1n) is 5.05. The van der Waals surface area contributed by atoms with Crippen LogP contribution in [0.5, 0.6) is 0 Å². The van der Waals surface area contributed by atoms with E-state index in [0.717, 1.165) is 0 Å². The van der Waals surface area contributed by atoms with Crippen LogP contribution in [0.3, 0.4) is 0 Å². The summed E-state index contributed by atoms with van der Waals surface area (Å²) in [6.07, 6.45) is 1.57. The van der Waals surface area contributed by atoms with Crippen molar-refractivity contribution in [1.29, 1.82) is 0 Å². The molecule has 1 atom stereocenters. The third kappa shape index (κ3) is 3.38. The Hall–Kier alpha value is -1.29. The summed E-state index contributed by atoms with van der Waals surface area (Å²) in [6, 6.07) is 2.93. The smallest absolute Gasteiger partial charge is 0.251 e. The fourth-order valence-corrected chi connectivity index (χ4v) is 1.22. The summed E-state index contributed by atoms with van der Waals surface area (Å²) in [5.74, 6) is 0.475. The fourth-order valence-electron chi connectivity index (χ4n) is 1.11. The molecule has 1 aromatic heterocycles. The number of aryl methyl sites for hydroxylation is 1. The molecule has 1 N–H and O–H groups in total. The summed E-state index contributed by atoms with van der Waals surface area (Å²) < 4.78 is 1.41. The number of hydrogen-bond acceptors (Lipinski definition) is 2. The number of alkyl halides is 1. The number of pyridine rings is 1. The van der Waals surface area contributed by atoms with Gasteiger partial charge in [0, 0.05) is 37.3 Å². The van der Waals surface area contributed by atoms with Crippen molar-refractivity contribution in [2.75, 3.05) is 12.4 Å². The van der Waals surface area contributed by atoms with E-state index in [2.05, 4.69) is 5.32 Å². The zero-order valence-electron chi connectivity index (χ0n) is 9.37. The lowest BCUT2D eigenvalue weighted by Gasteiger charge is -2.09. The maximum Gasteiger partial charge on any atom is 0.251 e. The Morgan fingerprint density at radius 3 is 2.88 bits per heavy atom. The van der Waals surface area contributed by atoms with Crippen molar-refractivity contribution in [3.63, 3.8) is 0 Å². The van der Waals surface area contributed by atoms with E-state index in [0.29, 0.717) is 18.0 Å². The number of carbonyl (C=O) groups excluding carboxylic acids is 1. The van der Waals surface area contributed by atoms with E-state index in [1.165, 1.54) is 10.6 Å². The highest BCUT2D eigenvalue weighted by atomic mass is 35.5. The molecule has 4 nitrogen and oxygen atoms in total. The Bertz CT molecular complexity index is 428. The van der Waals surface area contributed by atoms with Gasteiger partial charge in [-0.15, -0.1) is 11.6 Å². The second kappa shape index (κ2) is 5.70. The Kier molecular flexibility index (Phi) is 4.55. The van der Waals surface area contributed by atoms with Gasteiger partial charge in [-0.05, 0) is 12.0 Å². The molecule has 0 radical (unpaired) electrons. The highest BCUT2D eigenvalue weighted by molar-refractivity contribution is 6.18. The van der Waals surface area contributed by atoms with Crippen molar-refractivity contribution < 1.29 is 4.79 Å². The van der Waals surface area contributed by atoms with Gasteiger partial charge in [0.15, 0.2) is 0 Å². The highest BCUT2D eigenvalue weighted by Crippen LogP contribution is 1.98. The largest absolute Gasteiger partial charge is 0.352 e. The molecule has 0 aliphatic heterocycles. The number of amides is 1. The second-order valence-electron chi connectivity index (χ2n) is 3.83. The molecule has 1 rings (SSSR count). The maximum atomic E-state index is 11.6. The highest BCUT2D eigenvalue weighted by Gasteiger charge is 2.07. The number of carbonyl (C=O) groups is 1. The molecule has 0 bridgehead atoms. The number of hydrogen-bond donors (Lipinski definition) is 1. The predicted octanol–water partition coefficient (Wildman–Crippen LogP) is 0.990. The Labute approximate surface area is 99.2 Å². The Balaban J connectivity index is 2.67. The molecule has 1 unspecified atom stereocenters. The van der Waals surface area contributed by atoms with Gasteiger partial charge in [-0.25, -0.2) is 0 Å². The van der Waals surface area contributed by atoms with Crippen LogP contribution in [0.25, 0.3) is 0 Å². The number of rotatable bonds is 4. The van der Waals surface area contributed by atoms with Crippen LogP contribution in [0.15, 0.2) is 23.1 Å². The molecule has 0 saturated heterocycles. The Morgan fingerprint density at radius 2 is 2.31 bits per heavy atom. The normalized spacial score (nSPS) is 12.2. The van der Waals surface area contributed by atoms with Crippen molar-refractivity contribution in [3.05, 3.63) is 34.2 Å².